The summed E-state index contributed by atoms with van der Waals surface area (Å²) in [5.41, 5.74) is 0. The van der Waals surface area contributed by atoms with E-state index in [2.05, 4.69) is 57.0 Å². The van der Waals surface area contributed by atoms with Crippen LogP contribution in [0, 0.1) is 5.92 Å². The fourth-order valence-corrected chi connectivity index (χ4v) is 2.74. The zero-order chi connectivity index (χ0) is 12.3. The Hall–Kier alpha value is -0.120. The van der Waals surface area contributed by atoms with Crippen molar-refractivity contribution in [3.05, 3.63) is 0 Å². The van der Waals surface area contributed by atoms with Crippen molar-refractivity contribution in [3.63, 3.8) is 0 Å². The third kappa shape index (κ3) is 4.04. The van der Waals surface area contributed by atoms with E-state index in [4.69, 9.17) is 0 Å². The molecule has 0 aliphatic carbocycles. The van der Waals surface area contributed by atoms with Crippen molar-refractivity contribution >= 4 is 0 Å². The Morgan fingerprint density at radius 2 is 2.00 bits per heavy atom. The summed E-state index contributed by atoms with van der Waals surface area (Å²) in [5, 5.41) is 3.78. The molecule has 1 fully saturated rings. The molecule has 0 aromatic heterocycles. The van der Waals surface area contributed by atoms with Gasteiger partial charge in [-0.2, -0.15) is 0 Å². The molecule has 96 valence electrons. The molecule has 0 spiro atoms. The van der Waals surface area contributed by atoms with Gasteiger partial charge in [0.15, 0.2) is 0 Å². The second-order valence-corrected chi connectivity index (χ2v) is 5.94. The molecule has 1 aliphatic heterocycles. The summed E-state index contributed by atoms with van der Waals surface area (Å²) in [6.45, 7) is 9.32. The number of likely N-dealkylation sites (N-methyl/N-ethyl adjacent to an activating group) is 1. The molecule has 1 aliphatic rings. The average molecular weight is 227 g/mol. The maximum absolute atomic E-state index is 3.78. The van der Waals surface area contributed by atoms with E-state index in [1.165, 1.54) is 13.0 Å². The smallest absolute Gasteiger partial charge is 0.0169 e. The highest BCUT2D eigenvalue weighted by molar-refractivity contribution is 4.87. The highest BCUT2D eigenvalue weighted by atomic mass is 15.2. The van der Waals surface area contributed by atoms with Gasteiger partial charge >= 0.3 is 0 Å². The first-order valence-corrected chi connectivity index (χ1v) is 6.51. The highest BCUT2D eigenvalue weighted by Crippen LogP contribution is 2.21. The molecule has 3 nitrogen and oxygen atoms in total. The van der Waals surface area contributed by atoms with E-state index in [0.717, 1.165) is 12.5 Å². The van der Waals surface area contributed by atoms with Crippen LogP contribution in [0.2, 0.25) is 0 Å². The Morgan fingerprint density at radius 3 is 2.56 bits per heavy atom. The second kappa shape index (κ2) is 5.99. The van der Waals surface area contributed by atoms with Crippen LogP contribution < -0.4 is 5.32 Å². The Kier molecular flexibility index (Phi) is 5.22. The van der Waals surface area contributed by atoms with Crippen molar-refractivity contribution in [1.29, 1.82) is 0 Å². The summed E-state index contributed by atoms with van der Waals surface area (Å²) in [6.07, 6.45) is 1.27. The van der Waals surface area contributed by atoms with E-state index in [1.54, 1.807) is 0 Å². The highest BCUT2D eigenvalue weighted by Gasteiger charge is 2.29. The van der Waals surface area contributed by atoms with Gasteiger partial charge in [-0.25, -0.2) is 0 Å². The molecular formula is C13H29N3. The van der Waals surface area contributed by atoms with Crippen molar-refractivity contribution in [2.45, 2.75) is 45.3 Å². The van der Waals surface area contributed by atoms with Gasteiger partial charge in [-0.1, -0.05) is 6.92 Å². The zero-order valence-electron chi connectivity index (χ0n) is 11.8. The third-order valence-corrected chi connectivity index (χ3v) is 3.75. The van der Waals surface area contributed by atoms with E-state index >= 15 is 0 Å². The topological polar surface area (TPSA) is 18.5 Å². The van der Waals surface area contributed by atoms with Crippen molar-refractivity contribution in [2.75, 3.05) is 34.2 Å². The molecule has 0 bridgehead atoms. The lowest BCUT2D eigenvalue weighted by Gasteiger charge is -2.41. The number of rotatable bonds is 4. The second-order valence-electron chi connectivity index (χ2n) is 5.94. The molecule has 1 N–H and O–H groups in total. The Morgan fingerprint density at radius 1 is 1.38 bits per heavy atom. The summed E-state index contributed by atoms with van der Waals surface area (Å²) in [5.74, 6) is 0.755. The number of nitrogens with one attached hydrogen (secondary N) is 1. The predicted octanol–water partition coefficient (Wildman–Crippen LogP) is 1.25. The minimum Gasteiger partial charge on any atom is -0.310 e. The molecule has 0 aromatic carbocycles. The number of hydrogen-bond donors (Lipinski definition) is 1. The van der Waals surface area contributed by atoms with Gasteiger partial charge in [0.1, 0.15) is 0 Å². The molecule has 0 radical (unpaired) electrons. The van der Waals surface area contributed by atoms with Crippen molar-refractivity contribution in [1.82, 2.24) is 15.1 Å². The average Bonchev–Trinajstić information content (AvgIpc) is 2.12. The van der Waals surface area contributed by atoms with E-state index in [9.17, 15) is 0 Å². The van der Waals surface area contributed by atoms with Crippen LogP contribution >= 0.6 is 0 Å². The van der Waals surface area contributed by atoms with Crippen molar-refractivity contribution < 1.29 is 0 Å². The molecule has 0 saturated carbocycles. The van der Waals surface area contributed by atoms with Crippen LogP contribution in [0.15, 0.2) is 0 Å². The standard InChI is InChI=1S/C13H29N3/c1-10-8-16(6)12(3)7-13(10)14-11(2)9-15(4)5/h10-14H,7-9H2,1-6H3. The lowest BCUT2D eigenvalue weighted by Crippen LogP contribution is -2.54. The van der Waals surface area contributed by atoms with Gasteiger partial charge < -0.3 is 15.1 Å². The molecule has 1 rings (SSSR count). The van der Waals surface area contributed by atoms with Crippen molar-refractivity contribution in [2.24, 2.45) is 5.92 Å². The third-order valence-electron chi connectivity index (χ3n) is 3.75. The van der Waals surface area contributed by atoms with Gasteiger partial charge in [0.2, 0.25) is 0 Å². The first kappa shape index (κ1) is 13.9. The minimum atomic E-state index is 0.582. The molecule has 3 heteroatoms. The Bertz CT molecular complexity index is 205. The van der Waals surface area contributed by atoms with Crippen LogP contribution in [0.25, 0.3) is 0 Å². The maximum atomic E-state index is 3.78. The largest absolute Gasteiger partial charge is 0.310 e. The number of nitrogens with zero attached hydrogens (tertiary/aromatic N) is 2. The summed E-state index contributed by atoms with van der Waals surface area (Å²) in [6, 6.07) is 1.97. The number of likely N-dealkylation sites (tertiary alicyclic amines) is 1. The summed E-state index contributed by atoms with van der Waals surface area (Å²) in [4.78, 5) is 4.72. The van der Waals surface area contributed by atoms with E-state index in [0.29, 0.717) is 18.1 Å². The van der Waals surface area contributed by atoms with E-state index < -0.39 is 0 Å². The molecule has 1 heterocycles. The minimum absolute atomic E-state index is 0.582. The van der Waals surface area contributed by atoms with Crippen LogP contribution in [-0.2, 0) is 0 Å². The van der Waals surface area contributed by atoms with Crippen LogP contribution in [-0.4, -0.2) is 62.2 Å². The molecule has 4 unspecified atom stereocenters. The normalized spacial score (nSPS) is 34.3. The predicted molar refractivity (Wildman–Crippen MR) is 70.8 cm³/mol. The van der Waals surface area contributed by atoms with Crippen molar-refractivity contribution in [3.8, 4) is 0 Å². The van der Waals surface area contributed by atoms with Crippen LogP contribution in [0.4, 0.5) is 0 Å². The molecule has 0 aromatic rings. The van der Waals surface area contributed by atoms with Gasteiger partial charge in [0, 0.05) is 31.2 Å². The van der Waals surface area contributed by atoms with Gasteiger partial charge in [-0.15, -0.1) is 0 Å². The first-order chi connectivity index (χ1) is 7.40. The van der Waals surface area contributed by atoms with E-state index in [1.807, 2.05) is 0 Å². The molecule has 1 saturated heterocycles. The number of piperidine rings is 1. The van der Waals surface area contributed by atoms with E-state index in [-0.39, 0.29) is 0 Å². The number of hydrogen-bond acceptors (Lipinski definition) is 3. The SMILES string of the molecule is CC(CN(C)C)NC1CC(C)N(C)CC1C. The van der Waals surface area contributed by atoms with Crippen LogP contribution in [0.3, 0.4) is 0 Å². The lowest BCUT2D eigenvalue weighted by atomic mass is 9.89. The molecule has 0 amide bonds. The summed E-state index contributed by atoms with van der Waals surface area (Å²) >= 11 is 0. The Balaban J connectivity index is 2.41. The first-order valence-electron chi connectivity index (χ1n) is 6.51. The van der Waals surface area contributed by atoms with Crippen LogP contribution in [0.5, 0.6) is 0 Å². The Labute approximate surface area is 101 Å². The lowest BCUT2D eigenvalue weighted by molar-refractivity contribution is 0.114. The molecular weight excluding hydrogens is 198 g/mol. The maximum Gasteiger partial charge on any atom is 0.0169 e. The fourth-order valence-electron chi connectivity index (χ4n) is 2.74. The summed E-state index contributed by atoms with van der Waals surface area (Å²) in [7, 11) is 6.51. The van der Waals surface area contributed by atoms with Gasteiger partial charge in [0.05, 0.1) is 0 Å². The van der Waals surface area contributed by atoms with Gasteiger partial charge in [-0.3, -0.25) is 0 Å². The van der Waals surface area contributed by atoms with Gasteiger partial charge in [-0.05, 0) is 47.3 Å². The zero-order valence-corrected chi connectivity index (χ0v) is 11.8. The molecule has 16 heavy (non-hydrogen) atoms. The fraction of sp³-hybridized carbons (Fsp3) is 1.00. The quantitative estimate of drug-likeness (QED) is 0.780. The van der Waals surface area contributed by atoms with Crippen LogP contribution in [0.1, 0.15) is 27.2 Å². The monoisotopic (exact) mass is 227 g/mol. The van der Waals surface area contributed by atoms with Gasteiger partial charge in [0.25, 0.3) is 0 Å². The molecule has 4 atom stereocenters. The summed E-state index contributed by atoms with van der Waals surface area (Å²) < 4.78 is 0.